The zero-order valence-corrected chi connectivity index (χ0v) is 14.7. The van der Waals surface area contributed by atoms with Crippen LogP contribution < -0.4 is 5.32 Å². The summed E-state index contributed by atoms with van der Waals surface area (Å²) in [5.74, 6) is -0.322. The van der Waals surface area contributed by atoms with Gasteiger partial charge in [0.05, 0.1) is 5.52 Å². The van der Waals surface area contributed by atoms with Crippen molar-refractivity contribution in [3.63, 3.8) is 0 Å². The summed E-state index contributed by atoms with van der Waals surface area (Å²) in [6, 6.07) is 15.3. The molecule has 4 nitrogen and oxygen atoms in total. The van der Waals surface area contributed by atoms with Crippen molar-refractivity contribution in [2.45, 2.75) is 38.1 Å². The van der Waals surface area contributed by atoms with Gasteiger partial charge >= 0.3 is 0 Å². The number of Topliss-reactive ketones (excluding diaryl/α,β-unsaturated/α-hetero) is 1. The molecule has 0 radical (unpaired) electrons. The Bertz CT molecular complexity index is 1060. The van der Waals surface area contributed by atoms with Crippen LogP contribution in [0, 0.1) is 0 Å². The summed E-state index contributed by atoms with van der Waals surface area (Å²) in [5, 5.41) is 4.29. The fourth-order valence-corrected chi connectivity index (χ4v) is 4.51. The van der Waals surface area contributed by atoms with E-state index in [0.29, 0.717) is 5.56 Å². The van der Waals surface area contributed by atoms with E-state index in [4.69, 9.17) is 0 Å². The lowest BCUT2D eigenvalue weighted by atomic mass is 9.86. The molecule has 26 heavy (non-hydrogen) atoms. The van der Waals surface area contributed by atoms with E-state index in [9.17, 15) is 9.59 Å². The monoisotopic (exact) mass is 344 g/mol. The average molecular weight is 344 g/mol. The van der Waals surface area contributed by atoms with E-state index in [1.54, 1.807) is 6.92 Å². The van der Waals surface area contributed by atoms with Gasteiger partial charge in [-0.3, -0.25) is 14.2 Å². The first-order chi connectivity index (χ1) is 12.6. The van der Waals surface area contributed by atoms with E-state index in [-0.39, 0.29) is 11.7 Å². The number of carbonyl (C=O) groups is 2. The first kappa shape index (κ1) is 15.4. The van der Waals surface area contributed by atoms with Gasteiger partial charge < -0.3 is 5.32 Å². The van der Waals surface area contributed by atoms with Gasteiger partial charge in [0.2, 0.25) is 0 Å². The summed E-state index contributed by atoms with van der Waals surface area (Å²) in [4.78, 5) is 26.9. The highest BCUT2D eigenvalue weighted by atomic mass is 16.2. The first-order valence-corrected chi connectivity index (χ1v) is 9.19. The molecule has 0 amide bonds. The number of anilines is 1. The number of fused-ring (bicyclic) bond motifs is 3. The van der Waals surface area contributed by atoms with Crippen molar-refractivity contribution in [2.75, 3.05) is 5.32 Å². The molecule has 4 heteroatoms. The molecule has 5 rings (SSSR count). The Labute approximate surface area is 151 Å². The number of hydrogen-bond donors (Lipinski definition) is 1. The minimum absolute atomic E-state index is 0.153. The topological polar surface area (TPSA) is 51.1 Å². The van der Waals surface area contributed by atoms with Gasteiger partial charge in [-0.1, -0.05) is 30.3 Å². The zero-order valence-electron chi connectivity index (χ0n) is 14.7. The standard InChI is InChI=1S/C22H20N2O2/c1-22(23-14-8-3-2-4-9-14)20(25)17-12-7-11-16-15-10-5-6-13-18(15)24(19(16)17)21(22)26/h2-4,7-9,11-12,23H,5-6,10,13H2,1H3. The Morgan fingerprint density at radius 2 is 1.73 bits per heavy atom. The van der Waals surface area contributed by atoms with Crippen LogP contribution in [0.4, 0.5) is 5.69 Å². The number of nitrogens with one attached hydrogen (secondary N) is 1. The molecular weight excluding hydrogens is 324 g/mol. The first-order valence-electron chi connectivity index (χ1n) is 9.19. The molecule has 2 heterocycles. The third-order valence-electron chi connectivity index (χ3n) is 5.79. The SMILES string of the molecule is CC1(Nc2ccccc2)C(=O)c2cccc3c4c(n(c23)C1=O)CCCC4. The predicted octanol–water partition coefficient (Wildman–Crippen LogP) is 4.23. The van der Waals surface area contributed by atoms with Crippen molar-refractivity contribution in [3.8, 4) is 0 Å². The lowest BCUT2D eigenvalue weighted by Crippen LogP contribution is -2.55. The highest BCUT2D eigenvalue weighted by Crippen LogP contribution is 2.39. The number of ketones is 1. The van der Waals surface area contributed by atoms with Crippen molar-refractivity contribution in [1.82, 2.24) is 4.57 Å². The minimum atomic E-state index is -1.30. The summed E-state index contributed by atoms with van der Waals surface area (Å²) >= 11 is 0. The van der Waals surface area contributed by atoms with E-state index in [0.717, 1.165) is 48.0 Å². The number of benzene rings is 2. The Morgan fingerprint density at radius 3 is 2.54 bits per heavy atom. The second-order valence-electron chi connectivity index (χ2n) is 7.42. The van der Waals surface area contributed by atoms with Gasteiger partial charge in [-0.15, -0.1) is 0 Å². The molecule has 1 unspecified atom stereocenters. The molecule has 0 saturated carbocycles. The molecule has 2 aliphatic rings. The highest BCUT2D eigenvalue weighted by molar-refractivity contribution is 6.29. The van der Waals surface area contributed by atoms with Crippen LogP contribution in [0.5, 0.6) is 0 Å². The zero-order chi connectivity index (χ0) is 17.9. The summed E-state index contributed by atoms with van der Waals surface area (Å²) in [7, 11) is 0. The van der Waals surface area contributed by atoms with E-state index >= 15 is 0 Å². The van der Waals surface area contributed by atoms with Gasteiger partial charge in [0.15, 0.2) is 11.3 Å². The molecule has 0 saturated heterocycles. The largest absolute Gasteiger partial charge is 0.365 e. The Kier molecular flexibility index (Phi) is 3.14. The molecule has 1 atom stereocenters. The molecule has 0 fully saturated rings. The molecule has 0 spiro atoms. The van der Waals surface area contributed by atoms with E-state index < -0.39 is 5.54 Å². The van der Waals surface area contributed by atoms with Crippen LogP contribution in [0.3, 0.4) is 0 Å². The van der Waals surface area contributed by atoms with Crippen molar-refractivity contribution in [1.29, 1.82) is 0 Å². The number of aromatic nitrogens is 1. The van der Waals surface area contributed by atoms with Gasteiger partial charge in [-0.05, 0) is 56.4 Å². The predicted molar refractivity (Wildman–Crippen MR) is 102 cm³/mol. The lowest BCUT2D eigenvalue weighted by molar-refractivity contribution is 0.0738. The van der Waals surface area contributed by atoms with Crippen molar-refractivity contribution in [2.24, 2.45) is 0 Å². The summed E-state index contributed by atoms with van der Waals surface area (Å²) < 4.78 is 1.83. The number of aryl methyl sites for hydroxylation is 1. The summed E-state index contributed by atoms with van der Waals surface area (Å²) in [6.45, 7) is 1.71. The van der Waals surface area contributed by atoms with E-state index in [2.05, 4.69) is 5.32 Å². The maximum atomic E-state index is 13.6. The Morgan fingerprint density at radius 1 is 0.962 bits per heavy atom. The minimum Gasteiger partial charge on any atom is -0.365 e. The Hall–Kier alpha value is -2.88. The number of nitrogens with zero attached hydrogens (tertiary/aromatic N) is 1. The van der Waals surface area contributed by atoms with Gasteiger partial charge in [-0.2, -0.15) is 0 Å². The smallest absolute Gasteiger partial charge is 0.264 e. The second-order valence-corrected chi connectivity index (χ2v) is 7.42. The van der Waals surface area contributed by atoms with Crippen molar-refractivity contribution >= 4 is 28.3 Å². The van der Waals surface area contributed by atoms with Crippen LogP contribution in [0.15, 0.2) is 48.5 Å². The number of carbonyl (C=O) groups excluding carboxylic acids is 2. The van der Waals surface area contributed by atoms with Crippen LogP contribution in [-0.2, 0) is 12.8 Å². The van der Waals surface area contributed by atoms with E-state index in [1.165, 1.54) is 5.56 Å². The van der Waals surface area contributed by atoms with Crippen LogP contribution >= 0.6 is 0 Å². The second kappa shape index (κ2) is 5.31. The maximum Gasteiger partial charge on any atom is 0.264 e. The quantitative estimate of drug-likeness (QED) is 0.708. The van der Waals surface area contributed by atoms with Gasteiger partial charge in [-0.25, -0.2) is 0 Å². The van der Waals surface area contributed by atoms with Gasteiger partial charge in [0.25, 0.3) is 5.91 Å². The third-order valence-corrected chi connectivity index (χ3v) is 5.79. The maximum absolute atomic E-state index is 13.6. The molecule has 1 N–H and O–H groups in total. The third kappa shape index (κ3) is 1.90. The van der Waals surface area contributed by atoms with Crippen molar-refractivity contribution in [3.05, 3.63) is 65.4 Å². The molecule has 1 aliphatic heterocycles. The normalized spacial score (nSPS) is 21.7. The highest BCUT2D eigenvalue weighted by Gasteiger charge is 2.48. The molecule has 0 bridgehead atoms. The molecule has 1 aliphatic carbocycles. The van der Waals surface area contributed by atoms with Crippen LogP contribution in [-0.4, -0.2) is 21.8 Å². The Balaban J connectivity index is 1.75. The summed E-state index contributed by atoms with van der Waals surface area (Å²) in [5.41, 5.74) is 3.26. The van der Waals surface area contributed by atoms with Crippen LogP contribution in [0.25, 0.3) is 10.9 Å². The van der Waals surface area contributed by atoms with E-state index in [1.807, 2.05) is 53.1 Å². The number of para-hydroxylation sites is 2. The van der Waals surface area contributed by atoms with Gasteiger partial charge in [0.1, 0.15) is 0 Å². The molecular formula is C22H20N2O2. The molecule has 2 aromatic carbocycles. The fourth-order valence-electron chi connectivity index (χ4n) is 4.51. The van der Waals surface area contributed by atoms with Crippen molar-refractivity contribution < 1.29 is 9.59 Å². The molecule has 3 aromatic rings. The fraction of sp³-hybridized carbons (Fsp3) is 0.273. The average Bonchev–Trinajstić information content (AvgIpc) is 3.01. The number of hydrogen-bond acceptors (Lipinski definition) is 3. The van der Waals surface area contributed by atoms with Crippen LogP contribution in [0.2, 0.25) is 0 Å². The summed E-state index contributed by atoms with van der Waals surface area (Å²) in [6.07, 6.45) is 4.10. The molecule has 130 valence electrons. The number of rotatable bonds is 2. The molecule has 1 aromatic heterocycles. The van der Waals surface area contributed by atoms with Crippen LogP contribution in [0.1, 0.15) is 46.2 Å². The lowest BCUT2D eigenvalue weighted by Gasteiger charge is -2.34. The van der Waals surface area contributed by atoms with Gasteiger partial charge in [0, 0.05) is 22.3 Å².